The zero-order valence-electron chi connectivity index (χ0n) is 3.22. The number of rotatable bonds is 0. The standard InChI is InChI=1S/2Al.Ca.Fe.2H2O.2O.2H/h;;;;2*1H2;;;;/q2*+1;;;;;;;;/p-2. The van der Waals surface area contributed by atoms with E-state index in [1.165, 1.54) is 0 Å². The molecule has 0 unspecified atom stereocenters. The van der Waals surface area contributed by atoms with Crippen molar-refractivity contribution >= 4 is 68.7 Å². The van der Waals surface area contributed by atoms with Gasteiger partial charge in [0.05, 0.1) is 0 Å². The molecule has 0 aliphatic heterocycles. The van der Waals surface area contributed by atoms with Crippen LogP contribution in [-0.4, -0.2) is 77.0 Å². The van der Waals surface area contributed by atoms with Crippen molar-refractivity contribution in [3.8, 4) is 0 Å². The molecule has 44 valence electrons. The molecule has 2 N–H and O–H groups in total. The van der Waals surface area contributed by atoms with Gasteiger partial charge in [0.1, 0.15) is 0 Å². The van der Waals surface area contributed by atoms with E-state index in [0.717, 1.165) is 0 Å². The Morgan fingerprint density at radius 3 is 1.00 bits per heavy atom. The first-order chi connectivity index (χ1) is 2.83. The van der Waals surface area contributed by atoms with Crippen molar-refractivity contribution < 1.29 is 33.0 Å². The zero-order valence-corrected chi connectivity index (χ0v) is 6.63. The first-order valence-electron chi connectivity index (χ1n) is 0.988. The van der Waals surface area contributed by atoms with Crippen molar-refractivity contribution in [1.29, 1.82) is 0 Å². The summed E-state index contributed by atoms with van der Waals surface area (Å²) in [5.74, 6) is 0. The van der Waals surface area contributed by atoms with E-state index in [9.17, 15) is 0 Å². The molecule has 4 nitrogen and oxygen atoms in total. The van der Waals surface area contributed by atoms with Crippen LogP contribution in [-0.2, 0) is 24.7 Å². The monoisotopic (exact) mass is 218 g/mol. The molecule has 0 bridgehead atoms. The molecule has 0 aromatic rings. The molecule has 0 saturated carbocycles. The Kier molecular flexibility index (Phi) is 101. The summed E-state index contributed by atoms with van der Waals surface area (Å²) in [6.07, 6.45) is 0. The minimum absolute atomic E-state index is 0. The van der Waals surface area contributed by atoms with Crippen LogP contribution in [0.3, 0.4) is 0 Å². The normalized spacial score (nSPS) is 2.00. The first-order valence-corrected chi connectivity index (χ1v) is 2.96. The third-order valence-electron chi connectivity index (χ3n) is 0. The molecule has 0 spiro atoms. The molecule has 0 radical (unpaired) electrons. The van der Waals surface area contributed by atoms with Crippen molar-refractivity contribution in [3.05, 3.63) is 0 Å². The van der Waals surface area contributed by atoms with Gasteiger partial charge < -0.3 is 0 Å². The molecule has 0 aliphatic rings. The summed E-state index contributed by atoms with van der Waals surface area (Å²) in [7, 11) is 0. The topological polar surface area (TPSA) is 74.6 Å². The van der Waals surface area contributed by atoms with E-state index < -0.39 is 31.0 Å². The van der Waals surface area contributed by atoms with Crippen LogP contribution in [0.2, 0.25) is 0 Å². The quantitative estimate of drug-likeness (QED) is 0.424. The van der Waals surface area contributed by atoms with Gasteiger partial charge in [0, 0.05) is 17.1 Å². The fourth-order valence-electron chi connectivity index (χ4n) is 0. The van der Waals surface area contributed by atoms with Gasteiger partial charge in [-0.1, -0.05) is 0 Å². The second kappa shape index (κ2) is 35.8. The van der Waals surface area contributed by atoms with E-state index in [1.807, 2.05) is 0 Å². The molecule has 0 fully saturated rings. The molecular weight excluding hydrogens is 214 g/mol. The fraction of sp³-hybridized carbons (Fsp3) is 0. The van der Waals surface area contributed by atoms with Gasteiger partial charge in [0.25, 0.3) is 0 Å². The van der Waals surface area contributed by atoms with Gasteiger partial charge in [-0.05, 0) is 0 Å². The van der Waals surface area contributed by atoms with Gasteiger partial charge in [-0.2, -0.15) is 0 Å². The average Bonchev–Trinajstić information content (AvgIpc) is 1.39. The van der Waals surface area contributed by atoms with Crippen LogP contribution in [0, 0.1) is 0 Å². The van der Waals surface area contributed by atoms with Crippen molar-refractivity contribution in [1.82, 2.24) is 0 Å². The molecule has 0 saturated heterocycles. The Hall–Kier alpha value is 2.04. The summed E-state index contributed by atoms with van der Waals surface area (Å²) in [5, 5.41) is 0. The Morgan fingerprint density at radius 2 is 1.00 bits per heavy atom. The predicted molar refractivity (Wildman–Crippen MR) is 25.9 cm³/mol. The molecule has 0 aliphatic carbocycles. The Morgan fingerprint density at radius 1 is 1.00 bits per heavy atom. The molecule has 0 aromatic carbocycles. The fourth-order valence-corrected chi connectivity index (χ4v) is 0. The summed E-state index contributed by atoms with van der Waals surface area (Å²) < 4.78 is 31.3. The molecule has 0 amide bonds. The third kappa shape index (κ3) is 95.5. The summed E-state index contributed by atoms with van der Waals surface area (Å²) in [6, 6.07) is 0. The maximum atomic E-state index is 8.57. The van der Waals surface area contributed by atoms with Crippen molar-refractivity contribution in [2.75, 3.05) is 0 Å². The van der Waals surface area contributed by atoms with Crippen LogP contribution in [0.15, 0.2) is 0 Å². The molecule has 0 atom stereocenters. The second-order valence-electron chi connectivity index (χ2n) is 0.211. The Balaban J connectivity index is -0.0000000160. The van der Waals surface area contributed by atoms with E-state index >= 15 is 0 Å². The predicted octanol–water partition coefficient (Wildman–Crippen LogP) is -3.03. The van der Waals surface area contributed by atoms with Gasteiger partial charge in [-0.3, -0.25) is 0 Å². The third-order valence-corrected chi connectivity index (χ3v) is 0. The van der Waals surface area contributed by atoms with E-state index in [-0.39, 0.29) is 54.8 Å². The second-order valence-corrected chi connectivity index (χ2v) is 0.632. The average molecular weight is 218 g/mol. The van der Waals surface area contributed by atoms with Crippen LogP contribution >= 0.6 is 0 Å². The van der Waals surface area contributed by atoms with E-state index in [0.29, 0.717) is 0 Å². The van der Waals surface area contributed by atoms with Gasteiger partial charge >= 0.3 is 84.6 Å². The van der Waals surface area contributed by atoms with Gasteiger partial charge in [0.2, 0.25) is 0 Å². The van der Waals surface area contributed by atoms with Crippen LogP contribution in [0.1, 0.15) is 0 Å². The molecule has 0 aromatic heterocycles. The minimum atomic E-state index is -1.50. The van der Waals surface area contributed by atoms with Crippen LogP contribution in [0.5, 0.6) is 0 Å². The van der Waals surface area contributed by atoms with Gasteiger partial charge in [0.15, 0.2) is 0 Å². The van der Waals surface area contributed by atoms with Crippen LogP contribution < -0.4 is 0 Å². The summed E-state index contributed by atoms with van der Waals surface area (Å²) in [6.45, 7) is 0. The van der Waals surface area contributed by atoms with E-state index in [1.54, 1.807) is 0 Å². The van der Waals surface area contributed by atoms with Crippen LogP contribution in [0.25, 0.3) is 0 Å². The van der Waals surface area contributed by atoms with Gasteiger partial charge in [-0.15, -0.1) is 0 Å². The number of hydrogen-bond acceptors (Lipinski definition) is 2. The summed E-state index contributed by atoms with van der Waals surface area (Å²) in [4.78, 5) is 0. The van der Waals surface area contributed by atoms with Crippen molar-refractivity contribution in [2.24, 2.45) is 0 Å². The summed E-state index contributed by atoms with van der Waals surface area (Å²) in [5.41, 5.74) is 0. The van der Waals surface area contributed by atoms with Crippen molar-refractivity contribution in [3.63, 3.8) is 0 Å². The van der Waals surface area contributed by atoms with E-state index in [2.05, 4.69) is 0 Å². The Bertz CT molecular complexity index is 35.0. The molecule has 0 heterocycles. The first kappa shape index (κ1) is 22.5. The molecule has 8 heavy (non-hydrogen) atoms. The molecule has 8 heteroatoms. The molecular formula is H4Al2CaFeO4. The van der Waals surface area contributed by atoms with Gasteiger partial charge in [-0.25, -0.2) is 0 Å². The SMILES string of the molecule is [CaH2].[Fe].[O]=[Al][OH].[O]=[Al][OH]. The maximum absolute atomic E-state index is 8.57. The number of hydrogen-bond donors (Lipinski definition) is 2. The van der Waals surface area contributed by atoms with Crippen molar-refractivity contribution in [2.45, 2.75) is 0 Å². The zero-order chi connectivity index (χ0) is 5.41. The molecule has 0 rings (SSSR count). The summed E-state index contributed by atoms with van der Waals surface area (Å²) >= 11 is -3.00. The van der Waals surface area contributed by atoms with Crippen LogP contribution in [0.4, 0.5) is 0 Å². The van der Waals surface area contributed by atoms with E-state index in [4.69, 9.17) is 15.9 Å². The Labute approximate surface area is 100 Å².